The number of hydrogen-bond donors (Lipinski definition) is 2. The number of azo groups is 1. The first kappa shape index (κ1) is 17.6. The Bertz CT molecular complexity index is 1060. The summed E-state index contributed by atoms with van der Waals surface area (Å²) in [7, 11) is -3.45. The molecule has 9 heteroatoms. The molecule has 1 aromatic heterocycles. The molecule has 0 aliphatic carbocycles. The maximum Gasteiger partial charge on any atom is 0.243 e. The molecule has 2 N–H and O–H groups in total. The lowest BCUT2D eigenvalue weighted by Crippen LogP contribution is -2.09. The van der Waals surface area contributed by atoms with E-state index in [1.54, 1.807) is 43.3 Å². The van der Waals surface area contributed by atoms with Gasteiger partial charge in [0.05, 0.1) is 23.3 Å². The Morgan fingerprint density at radius 1 is 1.04 bits per heavy atom. The van der Waals surface area contributed by atoms with Gasteiger partial charge in [0, 0.05) is 0 Å². The van der Waals surface area contributed by atoms with E-state index in [0.29, 0.717) is 22.8 Å². The largest absolute Gasteiger partial charge is 0.492 e. The number of aryl methyl sites for hydroxylation is 1. The van der Waals surface area contributed by atoms with Crippen LogP contribution in [0.25, 0.3) is 5.69 Å². The van der Waals surface area contributed by atoms with Crippen LogP contribution in [0.1, 0.15) is 5.69 Å². The molecule has 8 nitrogen and oxygen atoms in total. The lowest BCUT2D eigenvalue weighted by atomic mass is 10.3. The highest BCUT2D eigenvalue weighted by molar-refractivity contribution is 7.92. The summed E-state index contributed by atoms with van der Waals surface area (Å²) in [5.74, 6) is -0.147. The monoisotopic (exact) mass is 371 g/mol. The normalized spacial score (nSPS) is 11.8. The van der Waals surface area contributed by atoms with Crippen LogP contribution in [0.5, 0.6) is 5.88 Å². The number of benzene rings is 2. The van der Waals surface area contributed by atoms with Crippen molar-refractivity contribution in [3.05, 3.63) is 60.3 Å². The van der Waals surface area contributed by atoms with Crippen molar-refractivity contribution >= 4 is 27.1 Å². The van der Waals surface area contributed by atoms with E-state index < -0.39 is 10.0 Å². The van der Waals surface area contributed by atoms with Gasteiger partial charge in [-0.3, -0.25) is 4.72 Å². The molecule has 134 valence electrons. The second-order valence-electron chi connectivity index (χ2n) is 5.60. The van der Waals surface area contributed by atoms with E-state index in [9.17, 15) is 13.5 Å². The number of aromatic nitrogens is 2. The average molecular weight is 371 g/mol. The van der Waals surface area contributed by atoms with Crippen LogP contribution in [-0.2, 0) is 10.0 Å². The summed E-state index contributed by atoms with van der Waals surface area (Å²) in [5, 5.41) is 22.9. The minimum absolute atomic E-state index is 0.147. The standard InChI is InChI=1S/C17H17N5O3S/c1-12-16(17(23)22(20-12)13-8-4-3-5-9-13)19-18-14-10-6-7-11-15(14)21-26(2,24)25/h3-11,21,23H,1-2H3. The highest BCUT2D eigenvalue weighted by Gasteiger charge is 2.15. The first-order chi connectivity index (χ1) is 12.3. The van der Waals surface area contributed by atoms with Crippen molar-refractivity contribution in [3.63, 3.8) is 0 Å². The number of hydrogen-bond acceptors (Lipinski definition) is 6. The fourth-order valence-corrected chi connectivity index (χ4v) is 2.90. The van der Waals surface area contributed by atoms with Crippen LogP contribution >= 0.6 is 0 Å². The van der Waals surface area contributed by atoms with Crippen molar-refractivity contribution in [3.8, 4) is 11.6 Å². The van der Waals surface area contributed by atoms with Crippen LogP contribution < -0.4 is 4.72 Å². The maximum atomic E-state index is 11.5. The van der Waals surface area contributed by atoms with E-state index in [0.717, 1.165) is 6.26 Å². The summed E-state index contributed by atoms with van der Waals surface area (Å²) in [6.07, 6.45) is 1.06. The second-order valence-corrected chi connectivity index (χ2v) is 7.34. The van der Waals surface area contributed by atoms with Crippen LogP contribution in [0, 0.1) is 6.92 Å². The SMILES string of the molecule is Cc1nn(-c2ccccc2)c(O)c1N=Nc1ccccc1NS(C)(=O)=O. The molecule has 0 atom stereocenters. The molecule has 3 aromatic rings. The van der Waals surface area contributed by atoms with Crippen molar-refractivity contribution in [2.75, 3.05) is 11.0 Å². The summed E-state index contributed by atoms with van der Waals surface area (Å²) in [6, 6.07) is 15.7. The summed E-state index contributed by atoms with van der Waals surface area (Å²) < 4.78 is 26.7. The van der Waals surface area contributed by atoms with Crippen LogP contribution in [0.3, 0.4) is 0 Å². The van der Waals surface area contributed by atoms with Gasteiger partial charge in [0.25, 0.3) is 0 Å². The zero-order chi connectivity index (χ0) is 18.7. The number of rotatable bonds is 5. The molecule has 0 aliphatic heterocycles. The van der Waals surface area contributed by atoms with Gasteiger partial charge in [-0.2, -0.15) is 9.78 Å². The predicted octanol–water partition coefficient (Wildman–Crippen LogP) is 3.67. The third-order valence-electron chi connectivity index (χ3n) is 3.46. The molecule has 0 saturated heterocycles. The number of sulfonamides is 1. The van der Waals surface area contributed by atoms with E-state index in [4.69, 9.17) is 0 Å². The average Bonchev–Trinajstić information content (AvgIpc) is 2.88. The van der Waals surface area contributed by atoms with Gasteiger partial charge >= 0.3 is 0 Å². The lowest BCUT2D eigenvalue weighted by molar-refractivity contribution is 0.434. The highest BCUT2D eigenvalue weighted by Crippen LogP contribution is 2.35. The number of aromatic hydroxyl groups is 1. The molecule has 2 aromatic carbocycles. The summed E-state index contributed by atoms with van der Waals surface area (Å²) in [5.41, 5.74) is 2.01. The molecule has 0 spiro atoms. The summed E-state index contributed by atoms with van der Waals surface area (Å²) >= 11 is 0. The summed E-state index contributed by atoms with van der Waals surface area (Å²) in [6.45, 7) is 1.70. The third kappa shape index (κ3) is 3.89. The molecule has 0 unspecified atom stereocenters. The van der Waals surface area contributed by atoms with Crippen molar-refractivity contribution in [2.24, 2.45) is 10.2 Å². The van der Waals surface area contributed by atoms with Crippen LogP contribution in [-0.4, -0.2) is 29.6 Å². The molecule has 0 amide bonds. The zero-order valence-corrected chi connectivity index (χ0v) is 15.0. The topological polar surface area (TPSA) is 109 Å². The van der Waals surface area contributed by atoms with Crippen molar-refractivity contribution < 1.29 is 13.5 Å². The molecule has 3 rings (SSSR count). The fourth-order valence-electron chi connectivity index (χ4n) is 2.32. The summed E-state index contributed by atoms with van der Waals surface area (Å²) in [4.78, 5) is 0. The van der Waals surface area contributed by atoms with Crippen LogP contribution in [0.4, 0.5) is 17.1 Å². The fraction of sp³-hybridized carbons (Fsp3) is 0.118. The maximum absolute atomic E-state index is 11.5. The first-order valence-electron chi connectivity index (χ1n) is 7.68. The molecule has 0 aliphatic rings. The highest BCUT2D eigenvalue weighted by atomic mass is 32.2. The Morgan fingerprint density at radius 3 is 2.38 bits per heavy atom. The minimum atomic E-state index is -3.45. The van der Waals surface area contributed by atoms with Crippen LogP contribution in [0.2, 0.25) is 0 Å². The molecular formula is C17H17N5O3S. The number of nitrogens with one attached hydrogen (secondary N) is 1. The van der Waals surface area contributed by atoms with Crippen molar-refractivity contribution in [2.45, 2.75) is 6.92 Å². The molecule has 0 fully saturated rings. The third-order valence-corrected chi connectivity index (χ3v) is 4.05. The molecule has 1 heterocycles. The predicted molar refractivity (Wildman–Crippen MR) is 99.1 cm³/mol. The van der Waals surface area contributed by atoms with Crippen molar-refractivity contribution in [1.82, 2.24) is 9.78 Å². The van der Waals surface area contributed by atoms with Gasteiger partial charge in [0.15, 0.2) is 5.69 Å². The van der Waals surface area contributed by atoms with Gasteiger partial charge in [-0.1, -0.05) is 30.3 Å². The van der Waals surface area contributed by atoms with Crippen molar-refractivity contribution in [1.29, 1.82) is 0 Å². The van der Waals surface area contributed by atoms with Gasteiger partial charge in [-0.05, 0) is 31.2 Å². The molecular weight excluding hydrogens is 354 g/mol. The van der Waals surface area contributed by atoms with Gasteiger partial charge in [0.1, 0.15) is 5.69 Å². The number of nitrogens with zero attached hydrogens (tertiary/aromatic N) is 4. The second kappa shape index (κ2) is 6.96. The van der Waals surface area contributed by atoms with E-state index >= 15 is 0 Å². The van der Waals surface area contributed by atoms with Gasteiger partial charge in [-0.15, -0.1) is 10.2 Å². The Kier molecular flexibility index (Phi) is 4.72. The van der Waals surface area contributed by atoms with E-state index in [1.165, 1.54) is 4.68 Å². The molecule has 26 heavy (non-hydrogen) atoms. The minimum Gasteiger partial charge on any atom is -0.492 e. The Balaban J connectivity index is 1.97. The van der Waals surface area contributed by atoms with Gasteiger partial charge < -0.3 is 5.11 Å². The zero-order valence-electron chi connectivity index (χ0n) is 14.2. The first-order valence-corrected chi connectivity index (χ1v) is 9.57. The number of para-hydroxylation sites is 2. The molecule has 0 bridgehead atoms. The van der Waals surface area contributed by atoms with E-state index in [-0.39, 0.29) is 11.6 Å². The Hall–Kier alpha value is -3.20. The quantitative estimate of drug-likeness (QED) is 0.667. The van der Waals surface area contributed by atoms with Crippen LogP contribution in [0.15, 0.2) is 64.8 Å². The molecule has 0 saturated carbocycles. The Labute approximate surface area is 150 Å². The lowest BCUT2D eigenvalue weighted by Gasteiger charge is -2.05. The smallest absolute Gasteiger partial charge is 0.243 e. The van der Waals surface area contributed by atoms with Gasteiger partial charge in [0.2, 0.25) is 15.9 Å². The Morgan fingerprint density at radius 2 is 1.69 bits per heavy atom. The van der Waals surface area contributed by atoms with E-state index in [1.807, 2.05) is 18.2 Å². The van der Waals surface area contributed by atoms with Gasteiger partial charge in [-0.25, -0.2) is 8.42 Å². The molecule has 0 radical (unpaired) electrons. The van der Waals surface area contributed by atoms with E-state index in [2.05, 4.69) is 20.0 Å². The number of anilines is 1.